The van der Waals surface area contributed by atoms with E-state index in [0.29, 0.717) is 5.56 Å². The summed E-state index contributed by atoms with van der Waals surface area (Å²) in [4.78, 5) is 9.63. The van der Waals surface area contributed by atoms with Crippen molar-refractivity contribution < 1.29 is 9.31 Å². The molecule has 1 aromatic carbocycles. The van der Waals surface area contributed by atoms with E-state index in [2.05, 4.69) is 15.9 Å². The summed E-state index contributed by atoms with van der Waals surface area (Å²) in [6.07, 6.45) is 0. The Kier molecular flexibility index (Phi) is 2.75. The standard InChI is InChI=1S/C7H5BrFNO2/c8-4-5-2-1-3-6(9)7(5)10(11)12/h1-3H,4H2. The minimum Gasteiger partial charge on any atom is -0.258 e. The van der Waals surface area contributed by atoms with Crippen molar-refractivity contribution in [1.82, 2.24) is 0 Å². The van der Waals surface area contributed by atoms with Gasteiger partial charge in [0.05, 0.1) is 4.92 Å². The number of benzene rings is 1. The van der Waals surface area contributed by atoms with E-state index in [1.165, 1.54) is 12.1 Å². The van der Waals surface area contributed by atoms with Gasteiger partial charge in [-0.25, -0.2) is 0 Å². The van der Waals surface area contributed by atoms with Crippen LogP contribution >= 0.6 is 15.9 Å². The van der Waals surface area contributed by atoms with Crippen LogP contribution in [0.3, 0.4) is 0 Å². The van der Waals surface area contributed by atoms with E-state index in [1.54, 1.807) is 0 Å². The van der Waals surface area contributed by atoms with Gasteiger partial charge < -0.3 is 0 Å². The molecule has 0 amide bonds. The van der Waals surface area contributed by atoms with E-state index in [1.807, 2.05) is 0 Å². The number of alkyl halides is 1. The average molecular weight is 234 g/mol. The Bertz CT molecular complexity index is 316. The third-order valence-electron chi connectivity index (χ3n) is 1.40. The largest absolute Gasteiger partial charge is 0.308 e. The molecule has 0 bridgehead atoms. The molecule has 64 valence electrons. The van der Waals surface area contributed by atoms with Gasteiger partial charge in [0.1, 0.15) is 0 Å². The van der Waals surface area contributed by atoms with Crippen LogP contribution in [-0.2, 0) is 5.33 Å². The van der Waals surface area contributed by atoms with Gasteiger partial charge in [0.25, 0.3) is 0 Å². The Morgan fingerprint density at radius 2 is 2.25 bits per heavy atom. The second-order valence-corrected chi connectivity index (χ2v) is 2.70. The van der Waals surface area contributed by atoms with Gasteiger partial charge >= 0.3 is 5.69 Å². The van der Waals surface area contributed by atoms with Crippen LogP contribution in [0.1, 0.15) is 5.56 Å². The second-order valence-electron chi connectivity index (χ2n) is 2.14. The Hall–Kier alpha value is -0.970. The van der Waals surface area contributed by atoms with Crippen molar-refractivity contribution in [3.63, 3.8) is 0 Å². The van der Waals surface area contributed by atoms with Crippen molar-refractivity contribution in [3.05, 3.63) is 39.7 Å². The van der Waals surface area contributed by atoms with E-state index >= 15 is 0 Å². The molecule has 3 nitrogen and oxygen atoms in total. The third-order valence-corrected chi connectivity index (χ3v) is 2.00. The Morgan fingerprint density at radius 1 is 1.58 bits per heavy atom. The van der Waals surface area contributed by atoms with E-state index in [4.69, 9.17) is 0 Å². The number of hydrogen-bond acceptors (Lipinski definition) is 2. The highest BCUT2D eigenvalue weighted by Crippen LogP contribution is 2.23. The topological polar surface area (TPSA) is 43.1 Å². The lowest BCUT2D eigenvalue weighted by atomic mass is 10.2. The van der Waals surface area contributed by atoms with Crippen molar-refractivity contribution in [1.29, 1.82) is 0 Å². The first kappa shape index (κ1) is 9.12. The molecule has 0 fully saturated rings. The molecule has 0 spiro atoms. The van der Waals surface area contributed by atoms with Crippen molar-refractivity contribution in [3.8, 4) is 0 Å². The Morgan fingerprint density at radius 3 is 2.67 bits per heavy atom. The fraction of sp³-hybridized carbons (Fsp3) is 0.143. The van der Waals surface area contributed by atoms with Crippen molar-refractivity contribution >= 4 is 21.6 Å². The van der Waals surface area contributed by atoms with Crippen LogP contribution in [0.2, 0.25) is 0 Å². The molecule has 1 rings (SSSR count). The molecule has 12 heavy (non-hydrogen) atoms. The van der Waals surface area contributed by atoms with Crippen LogP contribution < -0.4 is 0 Å². The molecule has 0 N–H and O–H groups in total. The number of nitrogens with zero attached hydrogens (tertiary/aromatic N) is 1. The fourth-order valence-electron chi connectivity index (χ4n) is 0.872. The van der Waals surface area contributed by atoms with Crippen LogP contribution in [0, 0.1) is 15.9 Å². The first-order valence-electron chi connectivity index (χ1n) is 3.14. The maximum absolute atomic E-state index is 12.8. The van der Waals surface area contributed by atoms with Crippen LogP contribution in [-0.4, -0.2) is 4.92 Å². The highest BCUT2D eigenvalue weighted by molar-refractivity contribution is 9.08. The third kappa shape index (κ3) is 1.61. The van der Waals surface area contributed by atoms with E-state index in [9.17, 15) is 14.5 Å². The summed E-state index contributed by atoms with van der Waals surface area (Å²) in [5.74, 6) is -0.794. The highest BCUT2D eigenvalue weighted by atomic mass is 79.9. The zero-order valence-corrected chi connectivity index (χ0v) is 7.54. The average Bonchev–Trinajstić information content (AvgIpc) is 2.03. The molecule has 1 aromatic rings. The Balaban J connectivity index is 3.29. The summed E-state index contributed by atoms with van der Waals surface area (Å²) in [7, 11) is 0. The van der Waals surface area contributed by atoms with Crippen molar-refractivity contribution in [2.45, 2.75) is 5.33 Å². The lowest BCUT2D eigenvalue weighted by Crippen LogP contribution is -1.96. The molecule has 0 aromatic heterocycles. The van der Waals surface area contributed by atoms with Gasteiger partial charge in [-0.2, -0.15) is 4.39 Å². The molecule has 0 aliphatic carbocycles. The summed E-state index contributed by atoms with van der Waals surface area (Å²) >= 11 is 3.04. The zero-order valence-electron chi connectivity index (χ0n) is 5.96. The first-order chi connectivity index (χ1) is 5.66. The van der Waals surface area contributed by atoms with Gasteiger partial charge in [-0.1, -0.05) is 28.1 Å². The van der Waals surface area contributed by atoms with Gasteiger partial charge in [0.15, 0.2) is 0 Å². The fourth-order valence-corrected chi connectivity index (χ4v) is 1.32. The number of rotatable bonds is 2. The minimum atomic E-state index is -0.794. The van der Waals surface area contributed by atoms with Gasteiger partial charge in [0.2, 0.25) is 5.82 Å². The van der Waals surface area contributed by atoms with E-state index < -0.39 is 16.4 Å². The molecule has 5 heteroatoms. The van der Waals surface area contributed by atoms with Crippen molar-refractivity contribution in [2.24, 2.45) is 0 Å². The molecule has 0 heterocycles. The lowest BCUT2D eigenvalue weighted by molar-refractivity contribution is -0.388. The van der Waals surface area contributed by atoms with Gasteiger partial charge in [-0.3, -0.25) is 10.1 Å². The summed E-state index contributed by atoms with van der Waals surface area (Å²) in [6.45, 7) is 0. The van der Waals surface area contributed by atoms with Gasteiger partial charge in [-0.05, 0) is 6.07 Å². The number of hydrogen-bond donors (Lipinski definition) is 0. The van der Waals surface area contributed by atoms with E-state index in [-0.39, 0.29) is 5.33 Å². The first-order valence-corrected chi connectivity index (χ1v) is 4.26. The van der Waals surface area contributed by atoms with Crippen molar-refractivity contribution in [2.75, 3.05) is 0 Å². The van der Waals surface area contributed by atoms with Crippen LogP contribution in [0.25, 0.3) is 0 Å². The van der Waals surface area contributed by atoms with Crippen LogP contribution in [0.5, 0.6) is 0 Å². The number of para-hydroxylation sites is 1. The zero-order chi connectivity index (χ0) is 9.14. The second kappa shape index (κ2) is 3.62. The molecule has 0 aliphatic rings. The van der Waals surface area contributed by atoms with Gasteiger partial charge in [-0.15, -0.1) is 0 Å². The van der Waals surface area contributed by atoms with E-state index in [0.717, 1.165) is 6.07 Å². The monoisotopic (exact) mass is 233 g/mol. The lowest BCUT2D eigenvalue weighted by Gasteiger charge is -1.98. The predicted molar refractivity (Wildman–Crippen MR) is 45.7 cm³/mol. The molecule has 0 saturated heterocycles. The Labute approximate surface area is 76.5 Å². The number of halogens is 2. The number of nitro groups is 1. The normalized spacial score (nSPS) is 9.83. The molecule has 0 aliphatic heterocycles. The molecule has 0 unspecified atom stereocenters. The predicted octanol–water partition coefficient (Wildman–Crippen LogP) is 2.63. The summed E-state index contributed by atoms with van der Waals surface area (Å²) in [5, 5.41) is 10.6. The maximum Gasteiger partial charge on any atom is 0.308 e. The molecular formula is C7H5BrFNO2. The van der Waals surface area contributed by atoms with Crippen LogP contribution in [0.4, 0.5) is 10.1 Å². The summed E-state index contributed by atoms with van der Waals surface area (Å²) in [5.41, 5.74) is -0.102. The number of nitro benzene ring substituents is 1. The smallest absolute Gasteiger partial charge is 0.258 e. The molecule has 0 atom stereocenters. The highest BCUT2D eigenvalue weighted by Gasteiger charge is 2.17. The summed E-state index contributed by atoms with van der Waals surface area (Å²) < 4.78 is 12.8. The quantitative estimate of drug-likeness (QED) is 0.448. The van der Waals surface area contributed by atoms with Crippen LogP contribution in [0.15, 0.2) is 18.2 Å². The molecule has 0 radical (unpaired) electrons. The maximum atomic E-state index is 12.8. The minimum absolute atomic E-state index is 0.279. The van der Waals surface area contributed by atoms with Gasteiger partial charge in [0, 0.05) is 10.9 Å². The SMILES string of the molecule is O=[N+]([O-])c1c(F)cccc1CBr. The summed E-state index contributed by atoms with van der Waals surface area (Å²) in [6, 6.07) is 4.03. The molecule has 0 saturated carbocycles. The molecular weight excluding hydrogens is 229 g/mol.